The van der Waals surface area contributed by atoms with Crippen molar-refractivity contribution >= 4 is 70.9 Å². The lowest BCUT2D eigenvalue weighted by Crippen LogP contribution is -2.63. The maximum Gasteiger partial charge on any atom is 0.245 e. The van der Waals surface area contributed by atoms with Crippen LogP contribution in [0.1, 0.15) is 121 Å². The van der Waals surface area contributed by atoms with Crippen molar-refractivity contribution in [3.05, 3.63) is 0 Å². The molecule has 414 valence electrons. The van der Waals surface area contributed by atoms with Gasteiger partial charge in [0.1, 0.15) is 48.3 Å². The van der Waals surface area contributed by atoms with Gasteiger partial charge >= 0.3 is 0 Å². The summed E-state index contributed by atoms with van der Waals surface area (Å²) in [5.41, 5.74) is 16.3. The van der Waals surface area contributed by atoms with Gasteiger partial charge in [-0.2, -0.15) is 0 Å². The van der Waals surface area contributed by atoms with Gasteiger partial charge in [0, 0.05) is 27.1 Å². The Morgan fingerprint density at radius 3 is 1.70 bits per heavy atom. The van der Waals surface area contributed by atoms with Crippen LogP contribution in [0.25, 0.3) is 0 Å². The number of rotatable bonds is 31. The molecule has 0 radical (unpaired) electrons. The second-order valence-electron chi connectivity index (χ2n) is 19.1. The Hall–Kier alpha value is -6.60. The molecule has 0 aromatic rings. The lowest BCUT2D eigenvalue weighted by Gasteiger charge is -2.32. The van der Waals surface area contributed by atoms with E-state index in [1.807, 2.05) is 0 Å². The van der Waals surface area contributed by atoms with E-state index in [1.165, 1.54) is 32.7 Å². The van der Waals surface area contributed by atoms with Gasteiger partial charge in [0.25, 0.3) is 0 Å². The van der Waals surface area contributed by atoms with E-state index in [0.29, 0.717) is 25.7 Å². The van der Waals surface area contributed by atoms with Crippen molar-refractivity contribution in [1.82, 2.24) is 52.3 Å². The number of likely N-dealkylation sites (N-methyl/N-ethyl adjacent to an activating group) is 1. The number of likely N-dealkylation sites (tertiary alicyclic amines) is 1. The maximum absolute atomic E-state index is 14.2. The first-order chi connectivity index (χ1) is 34.1. The fourth-order valence-corrected chi connectivity index (χ4v) is 7.60. The number of carbonyl (C=O) groups is 11. The average molecular weight is 1040 g/mol. The molecular formula is C47H84N14O12. The minimum Gasteiger partial charge on any atom is -0.391 e. The second kappa shape index (κ2) is 31.8. The molecule has 0 aromatic carbocycles. The van der Waals surface area contributed by atoms with Crippen LogP contribution in [0, 0.1) is 17.8 Å². The number of hydrogen-bond donors (Lipinski definition) is 12. The van der Waals surface area contributed by atoms with Crippen molar-refractivity contribution in [2.45, 2.75) is 175 Å². The molecule has 1 aliphatic heterocycles. The number of hydrogen-bond acceptors (Lipinski definition) is 13. The predicted molar refractivity (Wildman–Crippen MR) is 270 cm³/mol. The van der Waals surface area contributed by atoms with Gasteiger partial charge in [-0.3, -0.25) is 57.7 Å². The van der Waals surface area contributed by atoms with Crippen molar-refractivity contribution < 1.29 is 57.8 Å². The summed E-state index contributed by atoms with van der Waals surface area (Å²) in [7, 11) is 1.42. The van der Waals surface area contributed by atoms with Crippen LogP contribution in [0.4, 0.5) is 0 Å². The van der Waals surface area contributed by atoms with Crippen LogP contribution in [0.2, 0.25) is 0 Å². The number of amides is 11. The van der Waals surface area contributed by atoms with Crippen LogP contribution in [0.3, 0.4) is 0 Å². The van der Waals surface area contributed by atoms with Gasteiger partial charge in [-0.15, -0.1) is 0 Å². The molecule has 11 atom stereocenters. The minimum absolute atomic E-state index is 0.0342. The molecule has 1 fully saturated rings. The maximum atomic E-state index is 14.2. The largest absolute Gasteiger partial charge is 0.391 e. The Morgan fingerprint density at radius 2 is 1.19 bits per heavy atom. The van der Waals surface area contributed by atoms with Gasteiger partial charge in [0.15, 0.2) is 5.96 Å². The van der Waals surface area contributed by atoms with E-state index in [9.17, 15) is 57.8 Å². The Kier molecular flexibility index (Phi) is 28.0. The molecule has 73 heavy (non-hydrogen) atoms. The van der Waals surface area contributed by atoms with Gasteiger partial charge in [-0.05, 0) is 63.7 Å². The van der Waals surface area contributed by atoms with E-state index in [4.69, 9.17) is 17.2 Å². The van der Waals surface area contributed by atoms with E-state index in [-0.39, 0.29) is 57.2 Å². The summed E-state index contributed by atoms with van der Waals surface area (Å²) < 4.78 is 0. The summed E-state index contributed by atoms with van der Waals surface area (Å²) in [6.45, 7) is 15.4. The standard InChI is InChI=1S/C47H84N14O12/c1-12-17-30(40(67)57-36(25(6)13-2)43(70)55-31(18-15-20-51-47(49)50)46(73)61-21-16-19-32(61)41(68)53-27(8)39(48)66)54-45(72)38(28(9)62)59-44(71)37(26(7)14-3)58-42(69)35(24(4)5)56-33(64)22-52-34(65)23-60(11)29(10)63/h24-28,30-32,35-38,62H,12-23H2,1-11H3,(H2,48,66)(H,52,65)(H,53,68)(H,54,72)(H,55,70)(H,56,64)(H,57,67)(H,58,69)(H,59,71)(H4,49,50,51)/t25-,26-,27+,28+,30-,31-,32-,35-,36-,37+,38-/m0/s1. The van der Waals surface area contributed by atoms with Crippen LogP contribution < -0.4 is 59.7 Å². The highest BCUT2D eigenvalue weighted by atomic mass is 16.3. The number of guanidine groups is 1. The fourth-order valence-electron chi connectivity index (χ4n) is 7.60. The van der Waals surface area contributed by atoms with E-state index < -0.39 is 138 Å². The minimum atomic E-state index is -1.65. The zero-order valence-electron chi connectivity index (χ0n) is 44.4. The Bertz CT molecular complexity index is 1960. The number of aliphatic hydroxyl groups excluding tert-OH is 1. The Morgan fingerprint density at radius 1 is 0.671 bits per heavy atom. The molecule has 11 amide bonds. The van der Waals surface area contributed by atoms with Gasteiger partial charge in [-0.1, -0.05) is 67.7 Å². The van der Waals surface area contributed by atoms with Crippen molar-refractivity contribution in [2.24, 2.45) is 39.9 Å². The van der Waals surface area contributed by atoms with Crippen LogP contribution in [0.15, 0.2) is 4.99 Å². The molecule has 0 aromatic heterocycles. The molecule has 1 saturated heterocycles. The van der Waals surface area contributed by atoms with Gasteiger partial charge in [0.05, 0.1) is 19.2 Å². The quantitative estimate of drug-likeness (QED) is 0.0182. The molecule has 0 spiro atoms. The molecule has 1 heterocycles. The van der Waals surface area contributed by atoms with E-state index >= 15 is 0 Å². The fraction of sp³-hybridized carbons (Fsp3) is 0.745. The topological polar surface area (TPSA) is 401 Å². The van der Waals surface area contributed by atoms with Crippen molar-refractivity contribution in [1.29, 1.82) is 0 Å². The molecule has 0 unspecified atom stereocenters. The third-order valence-corrected chi connectivity index (χ3v) is 12.7. The lowest BCUT2D eigenvalue weighted by molar-refractivity contribution is -0.142. The predicted octanol–water partition coefficient (Wildman–Crippen LogP) is -3.55. The molecular weight excluding hydrogens is 953 g/mol. The van der Waals surface area contributed by atoms with Gasteiger partial charge in [-0.25, -0.2) is 0 Å². The smallest absolute Gasteiger partial charge is 0.245 e. The summed E-state index contributed by atoms with van der Waals surface area (Å²) in [5.74, 6) is -9.43. The molecule has 0 bridgehead atoms. The first-order valence-corrected chi connectivity index (χ1v) is 25.0. The number of carbonyl (C=O) groups excluding carboxylic acids is 11. The number of aliphatic imine (C=N–C) groups is 1. The highest BCUT2D eigenvalue weighted by Crippen LogP contribution is 2.21. The highest BCUT2D eigenvalue weighted by molar-refractivity contribution is 5.98. The van der Waals surface area contributed by atoms with Crippen LogP contribution in [0.5, 0.6) is 0 Å². The summed E-state index contributed by atoms with van der Waals surface area (Å²) in [6.07, 6.45) is 0.657. The second-order valence-corrected chi connectivity index (χ2v) is 19.1. The zero-order chi connectivity index (χ0) is 55.9. The molecule has 0 saturated carbocycles. The molecule has 1 rings (SSSR count). The third-order valence-electron chi connectivity index (χ3n) is 12.7. The number of nitrogens with one attached hydrogen (secondary N) is 8. The van der Waals surface area contributed by atoms with Gasteiger partial charge < -0.3 is 74.6 Å². The third kappa shape index (κ3) is 21.6. The number of nitrogens with zero attached hydrogens (tertiary/aromatic N) is 3. The average Bonchev–Trinajstić information content (AvgIpc) is 3.82. The molecule has 1 aliphatic rings. The molecule has 26 heteroatoms. The van der Waals surface area contributed by atoms with Gasteiger partial charge in [0.2, 0.25) is 65.0 Å². The van der Waals surface area contributed by atoms with E-state index in [1.54, 1.807) is 48.5 Å². The summed E-state index contributed by atoms with van der Waals surface area (Å²) in [5, 5.41) is 31.5. The Balaban J connectivity index is 3.34. The van der Waals surface area contributed by atoms with Crippen LogP contribution >= 0.6 is 0 Å². The number of aliphatic hydroxyl groups is 1. The summed E-state index contributed by atoms with van der Waals surface area (Å²) >= 11 is 0. The lowest BCUT2D eigenvalue weighted by atomic mass is 9.95. The zero-order valence-corrected chi connectivity index (χ0v) is 44.4. The molecule has 26 nitrogen and oxygen atoms in total. The Labute approximate surface area is 428 Å². The first-order valence-electron chi connectivity index (χ1n) is 25.0. The van der Waals surface area contributed by atoms with E-state index in [0.717, 1.165) is 4.90 Å². The first kappa shape index (κ1) is 64.4. The number of nitrogens with two attached hydrogens (primary N) is 3. The SMILES string of the molecule is CCC[C@H](NC(=O)[C@@H](NC(=O)[C@H](NC(=O)[C@@H](NC(=O)CNC(=O)CN(C)C(C)=O)C(C)C)[C@@H](C)CC)[C@@H](C)O)C(=O)N[C@H](C(=O)N[C@@H](CCCN=C(N)N)C(=O)N1CCC[C@H]1C(=O)N[C@H](C)C(N)=O)[C@@H](C)CC. The monoisotopic (exact) mass is 1040 g/mol. The summed E-state index contributed by atoms with van der Waals surface area (Å²) in [6, 6.07) is -9.81. The van der Waals surface area contributed by atoms with Crippen molar-refractivity contribution in [2.75, 3.05) is 33.2 Å². The van der Waals surface area contributed by atoms with Crippen LogP contribution in [-0.4, -0.2) is 174 Å². The molecule has 15 N–H and O–H groups in total. The molecule has 0 aliphatic carbocycles. The highest BCUT2D eigenvalue weighted by Gasteiger charge is 2.41. The van der Waals surface area contributed by atoms with Crippen molar-refractivity contribution in [3.8, 4) is 0 Å². The normalized spacial score (nSPS) is 17.3. The van der Waals surface area contributed by atoms with E-state index in [2.05, 4.69) is 47.5 Å². The summed E-state index contributed by atoms with van der Waals surface area (Å²) in [4.78, 5) is 152. The van der Waals surface area contributed by atoms with Crippen molar-refractivity contribution in [3.63, 3.8) is 0 Å². The number of primary amides is 1. The van der Waals surface area contributed by atoms with Crippen LogP contribution in [-0.2, 0) is 52.7 Å².